The second-order valence-electron chi connectivity index (χ2n) is 5.03. The summed E-state index contributed by atoms with van der Waals surface area (Å²) >= 11 is 0. The van der Waals surface area contributed by atoms with Crippen LogP contribution in [0.2, 0.25) is 0 Å². The van der Waals surface area contributed by atoms with Crippen molar-refractivity contribution in [3.63, 3.8) is 0 Å². The summed E-state index contributed by atoms with van der Waals surface area (Å²) in [5.41, 5.74) is 1.62. The molecule has 0 aromatic rings. The van der Waals surface area contributed by atoms with Crippen molar-refractivity contribution in [3.8, 4) is 0 Å². The maximum absolute atomic E-state index is 2.32. The molecule has 0 rings (SSSR count). The Balaban J connectivity index is 4.18. The zero-order valence-electron chi connectivity index (χ0n) is 13.2. The summed E-state index contributed by atoms with van der Waals surface area (Å²) < 4.78 is 0. The van der Waals surface area contributed by atoms with Gasteiger partial charge in [0, 0.05) is 0 Å². The number of unbranched alkanes of at least 4 members (excludes halogenated alkanes) is 4. The fourth-order valence-corrected chi connectivity index (χ4v) is 1.99. The van der Waals surface area contributed by atoms with Crippen molar-refractivity contribution in [2.75, 3.05) is 0 Å². The lowest BCUT2D eigenvalue weighted by Gasteiger charge is -2.06. The predicted octanol–water partition coefficient (Wildman–Crippen LogP) is 6.76. The molecule has 0 radical (unpaired) electrons. The number of allylic oxidation sites excluding steroid dienone is 8. The van der Waals surface area contributed by atoms with Gasteiger partial charge in [0.2, 0.25) is 0 Å². The smallest absolute Gasteiger partial charge is 0.0317 e. The molecule has 0 spiro atoms. The van der Waals surface area contributed by atoms with Crippen LogP contribution in [0.25, 0.3) is 0 Å². The van der Waals surface area contributed by atoms with E-state index in [1.165, 1.54) is 51.4 Å². The van der Waals surface area contributed by atoms with Crippen LogP contribution in [-0.4, -0.2) is 0 Å². The van der Waals surface area contributed by atoms with Crippen LogP contribution in [0.4, 0.5) is 0 Å². The summed E-state index contributed by atoms with van der Waals surface area (Å²) in [6.45, 7) is 6.58. The molecule has 0 saturated heterocycles. The van der Waals surface area contributed by atoms with E-state index in [0.717, 1.165) is 0 Å². The first-order valence-corrected chi connectivity index (χ1v) is 7.99. The van der Waals surface area contributed by atoms with E-state index in [-0.39, 0.29) is 0 Å². The Morgan fingerprint density at radius 3 is 1.74 bits per heavy atom. The van der Waals surface area contributed by atoms with Crippen LogP contribution >= 0.6 is 0 Å². The van der Waals surface area contributed by atoms with Crippen LogP contribution < -0.4 is 0 Å². The van der Waals surface area contributed by atoms with Crippen LogP contribution in [0.5, 0.6) is 0 Å². The summed E-state index contributed by atoms with van der Waals surface area (Å²) in [6, 6.07) is 0. The van der Waals surface area contributed by atoms with Gasteiger partial charge in [-0.25, -0.2) is 0 Å². The highest BCUT2D eigenvalue weighted by Crippen LogP contribution is 2.16. The fraction of sp³-hybridized carbons (Fsp3) is 0.579. The molecule has 0 N–H and O–H groups in total. The van der Waals surface area contributed by atoms with Crippen molar-refractivity contribution in [1.82, 2.24) is 0 Å². The monoisotopic (exact) mass is 260 g/mol. The van der Waals surface area contributed by atoms with E-state index in [0.29, 0.717) is 0 Å². The van der Waals surface area contributed by atoms with E-state index in [1.54, 1.807) is 5.57 Å². The van der Waals surface area contributed by atoms with Gasteiger partial charge in [-0.2, -0.15) is 0 Å². The third-order valence-corrected chi connectivity index (χ3v) is 3.17. The molecule has 0 heteroatoms. The van der Waals surface area contributed by atoms with Crippen molar-refractivity contribution < 1.29 is 0 Å². The molecule has 0 amide bonds. The molecule has 0 atom stereocenters. The van der Waals surface area contributed by atoms with E-state index in [9.17, 15) is 0 Å². The Bertz CT molecular complexity index is 277. The maximum atomic E-state index is 2.32. The van der Waals surface area contributed by atoms with E-state index >= 15 is 0 Å². The zero-order valence-corrected chi connectivity index (χ0v) is 13.2. The van der Waals surface area contributed by atoms with Crippen LogP contribution in [0, 0.1) is 0 Å². The van der Waals surface area contributed by atoms with Crippen molar-refractivity contribution in [3.05, 3.63) is 48.1 Å². The van der Waals surface area contributed by atoms with Crippen LogP contribution in [0.15, 0.2) is 48.1 Å². The molecule has 108 valence electrons. The highest BCUT2D eigenvalue weighted by Gasteiger charge is 1.96. The lowest BCUT2D eigenvalue weighted by molar-refractivity contribution is 0.659. The Morgan fingerprint density at radius 2 is 1.21 bits per heavy atom. The van der Waals surface area contributed by atoms with E-state index < -0.39 is 0 Å². The van der Waals surface area contributed by atoms with Crippen molar-refractivity contribution in [2.45, 2.75) is 72.1 Å². The molecular weight excluding hydrogens is 228 g/mol. The van der Waals surface area contributed by atoms with E-state index in [2.05, 4.69) is 50.3 Å². The van der Waals surface area contributed by atoms with Crippen LogP contribution in [-0.2, 0) is 0 Å². The average molecular weight is 260 g/mol. The minimum absolute atomic E-state index is 1.28. The zero-order chi connectivity index (χ0) is 14.2. The van der Waals surface area contributed by atoms with E-state index in [4.69, 9.17) is 0 Å². The largest absolute Gasteiger partial charge is 0.0877 e. The Kier molecular flexibility index (Phi) is 14.2. The van der Waals surface area contributed by atoms with Gasteiger partial charge in [-0.15, -0.1) is 0 Å². The summed E-state index contributed by atoms with van der Waals surface area (Å²) in [5.74, 6) is 0. The molecule has 19 heavy (non-hydrogen) atoms. The third kappa shape index (κ3) is 13.2. The topological polar surface area (TPSA) is 0 Å². The summed E-state index contributed by atoms with van der Waals surface area (Å²) in [4.78, 5) is 0. The standard InChI is InChI=1S/C19H32/c1-4-7-10-11-12-15-18-19(16-13-8-5-2)17-14-9-6-3/h4,7,10-12,15,18H,5-6,8-9,13-14,16-17H2,1-3H3/b7-4+,11-10+,15-12+. The van der Waals surface area contributed by atoms with Crippen molar-refractivity contribution in [1.29, 1.82) is 0 Å². The highest BCUT2D eigenvalue weighted by molar-refractivity contribution is 5.18. The first-order chi connectivity index (χ1) is 9.35. The first kappa shape index (κ1) is 18.0. The normalized spacial score (nSPS) is 11.9. The Morgan fingerprint density at radius 1 is 0.684 bits per heavy atom. The van der Waals surface area contributed by atoms with Gasteiger partial charge in [0.25, 0.3) is 0 Å². The molecule has 0 saturated carbocycles. The molecule has 0 unspecified atom stereocenters. The number of hydrogen-bond acceptors (Lipinski definition) is 0. The minimum atomic E-state index is 1.28. The second-order valence-corrected chi connectivity index (χ2v) is 5.03. The van der Waals surface area contributed by atoms with Gasteiger partial charge >= 0.3 is 0 Å². The highest BCUT2D eigenvalue weighted by atomic mass is 14.0. The van der Waals surface area contributed by atoms with Gasteiger partial charge in [-0.05, 0) is 32.6 Å². The van der Waals surface area contributed by atoms with Gasteiger partial charge in [-0.3, -0.25) is 0 Å². The minimum Gasteiger partial charge on any atom is -0.0877 e. The lowest BCUT2D eigenvalue weighted by Crippen LogP contribution is -1.86. The van der Waals surface area contributed by atoms with Gasteiger partial charge in [0.05, 0.1) is 0 Å². The van der Waals surface area contributed by atoms with E-state index in [1.807, 2.05) is 13.0 Å². The predicted molar refractivity (Wildman–Crippen MR) is 89.5 cm³/mol. The molecule has 0 fully saturated rings. The lowest BCUT2D eigenvalue weighted by atomic mass is 10.0. The van der Waals surface area contributed by atoms with Crippen molar-refractivity contribution in [2.24, 2.45) is 0 Å². The SMILES string of the molecule is C/C=C/C=C/C=C/C=C(CCCCC)CCCCC. The first-order valence-electron chi connectivity index (χ1n) is 7.99. The number of hydrogen-bond donors (Lipinski definition) is 0. The summed E-state index contributed by atoms with van der Waals surface area (Å²) in [7, 11) is 0. The quantitative estimate of drug-likeness (QED) is 0.284. The molecule has 0 heterocycles. The molecule has 0 aromatic carbocycles. The average Bonchev–Trinajstić information content (AvgIpc) is 2.42. The van der Waals surface area contributed by atoms with Gasteiger partial charge in [0.15, 0.2) is 0 Å². The summed E-state index contributed by atoms with van der Waals surface area (Å²) in [5, 5.41) is 0. The van der Waals surface area contributed by atoms with Gasteiger partial charge in [0.1, 0.15) is 0 Å². The summed E-state index contributed by atoms with van der Waals surface area (Å²) in [6.07, 6.45) is 25.5. The molecule has 0 bridgehead atoms. The fourth-order valence-electron chi connectivity index (χ4n) is 1.99. The molecule has 0 aliphatic heterocycles. The third-order valence-electron chi connectivity index (χ3n) is 3.17. The molecule has 0 aromatic heterocycles. The van der Waals surface area contributed by atoms with Crippen molar-refractivity contribution >= 4 is 0 Å². The second kappa shape index (κ2) is 15.0. The van der Waals surface area contributed by atoms with Crippen LogP contribution in [0.1, 0.15) is 72.1 Å². The van der Waals surface area contributed by atoms with Gasteiger partial charge < -0.3 is 0 Å². The maximum Gasteiger partial charge on any atom is -0.0317 e. The molecule has 0 nitrogen and oxygen atoms in total. The van der Waals surface area contributed by atoms with Crippen LogP contribution in [0.3, 0.4) is 0 Å². The Labute approximate surface area is 121 Å². The number of rotatable bonds is 11. The molecule has 0 aliphatic carbocycles. The molecule has 0 aliphatic rings. The molecular formula is C19H32. The Hall–Kier alpha value is -1.04. The van der Waals surface area contributed by atoms with Gasteiger partial charge in [-0.1, -0.05) is 87.6 Å².